The van der Waals surface area contributed by atoms with Gasteiger partial charge in [0.1, 0.15) is 6.29 Å². The minimum atomic E-state index is 0.210. The predicted molar refractivity (Wildman–Crippen MR) is 81.5 cm³/mol. The summed E-state index contributed by atoms with van der Waals surface area (Å²) < 4.78 is 6.73. The molecule has 0 spiro atoms. The van der Waals surface area contributed by atoms with E-state index in [1.54, 1.807) is 0 Å². The van der Waals surface area contributed by atoms with Gasteiger partial charge < -0.3 is 9.21 Å². The highest BCUT2D eigenvalue weighted by Crippen LogP contribution is 2.22. The molecule has 0 radical (unpaired) electrons. The smallest absolute Gasteiger partial charge is 0.247 e. The van der Waals surface area contributed by atoms with Crippen LogP contribution in [0.15, 0.2) is 33.2 Å². The lowest BCUT2D eigenvalue weighted by Crippen LogP contribution is -2.33. The highest BCUT2D eigenvalue weighted by Gasteiger charge is 2.20. The van der Waals surface area contributed by atoms with Crippen molar-refractivity contribution in [3.05, 3.63) is 34.6 Å². The molecule has 1 aliphatic rings. The van der Waals surface area contributed by atoms with Crippen molar-refractivity contribution in [2.75, 3.05) is 13.1 Å². The van der Waals surface area contributed by atoms with Gasteiger partial charge in [-0.25, -0.2) is 0 Å². The van der Waals surface area contributed by atoms with Gasteiger partial charge in [-0.2, -0.15) is 0 Å². The highest BCUT2D eigenvalue weighted by molar-refractivity contribution is 9.10. The van der Waals surface area contributed by atoms with Crippen LogP contribution >= 0.6 is 15.9 Å². The molecule has 0 atom stereocenters. The number of hydrogen-bond donors (Lipinski definition) is 0. The zero-order valence-corrected chi connectivity index (χ0v) is 13.1. The molecule has 1 fully saturated rings. The Labute approximate surface area is 131 Å². The molecule has 1 aromatic heterocycles. The van der Waals surface area contributed by atoms with E-state index in [0.29, 0.717) is 18.3 Å². The lowest BCUT2D eigenvalue weighted by Gasteiger charge is -2.28. The van der Waals surface area contributed by atoms with Crippen LogP contribution in [0.3, 0.4) is 0 Å². The maximum atomic E-state index is 10.7. The Morgan fingerprint density at radius 3 is 2.62 bits per heavy atom. The number of carbonyl (C=O) groups is 1. The third-order valence-corrected chi connectivity index (χ3v) is 4.27. The second kappa shape index (κ2) is 6.49. The minimum Gasteiger partial charge on any atom is -0.419 e. The minimum absolute atomic E-state index is 0.210. The number of carbonyl (C=O) groups excluding carboxylic acids is 1. The first-order valence-corrected chi connectivity index (χ1v) is 7.80. The van der Waals surface area contributed by atoms with Crippen LogP contribution < -0.4 is 0 Å². The third-order valence-electron chi connectivity index (χ3n) is 3.74. The van der Waals surface area contributed by atoms with Crippen molar-refractivity contribution in [2.45, 2.75) is 19.4 Å². The first kappa shape index (κ1) is 14.4. The van der Waals surface area contributed by atoms with Gasteiger partial charge in [0.15, 0.2) is 0 Å². The van der Waals surface area contributed by atoms with Gasteiger partial charge in [-0.15, -0.1) is 10.2 Å². The van der Waals surface area contributed by atoms with Crippen molar-refractivity contribution in [3.63, 3.8) is 0 Å². The highest BCUT2D eigenvalue weighted by atomic mass is 79.9. The number of rotatable bonds is 4. The van der Waals surface area contributed by atoms with E-state index in [0.717, 1.165) is 42.3 Å². The van der Waals surface area contributed by atoms with E-state index >= 15 is 0 Å². The number of aromatic nitrogens is 2. The van der Waals surface area contributed by atoms with Gasteiger partial charge in [0.25, 0.3) is 0 Å². The maximum absolute atomic E-state index is 10.7. The normalized spacial score (nSPS) is 17.0. The SMILES string of the molecule is O=CC1CCN(Cc2nnc(-c3ccc(Br)cc3)o2)CC1. The van der Waals surface area contributed by atoms with Crippen LogP contribution in [0.1, 0.15) is 18.7 Å². The molecule has 2 heterocycles. The standard InChI is InChI=1S/C15H16BrN3O2/c16-13-3-1-12(2-4-13)15-18-17-14(21-15)9-19-7-5-11(10-20)6-8-19/h1-4,10-11H,5-9H2. The average molecular weight is 350 g/mol. The molecule has 110 valence electrons. The van der Waals surface area contributed by atoms with Crippen LogP contribution in [0.2, 0.25) is 0 Å². The Morgan fingerprint density at radius 2 is 1.95 bits per heavy atom. The van der Waals surface area contributed by atoms with Crippen molar-refractivity contribution >= 4 is 22.2 Å². The summed E-state index contributed by atoms with van der Waals surface area (Å²) in [5.41, 5.74) is 0.914. The number of hydrogen-bond acceptors (Lipinski definition) is 5. The van der Waals surface area contributed by atoms with Crippen LogP contribution in [0, 0.1) is 5.92 Å². The molecule has 2 aromatic rings. The summed E-state index contributed by atoms with van der Waals surface area (Å²) in [6.07, 6.45) is 2.89. The fraction of sp³-hybridized carbons (Fsp3) is 0.400. The zero-order valence-electron chi connectivity index (χ0n) is 11.5. The van der Waals surface area contributed by atoms with E-state index < -0.39 is 0 Å². The van der Waals surface area contributed by atoms with E-state index in [2.05, 4.69) is 31.0 Å². The number of halogens is 1. The van der Waals surface area contributed by atoms with E-state index in [1.807, 2.05) is 24.3 Å². The molecule has 0 N–H and O–H groups in total. The molecule has 6 heteroatoms. The summed E-state index contributed by atoms with van der Waals surface area (Å²) in [5, 5.41) is 8.21. The van der Waals surface area contributed by atoms with Crippen LogP contribution in [-0.4, -0.2) is 34.5 Å². The molecule has 5 nitrogen and oxygen atoms in total. The topological polar surface area (TPSA) is 59.2 Å². The molecular weight excluding hydrogens is 334 g/mol. The predicted octanol–water partition coefficient (Wildman–Crippen LogP) is 2.91. The lowest BCUT2D eigenvalue weighted by atomic mass is 9.99. The summed E-state index contributed by atoms with van der Waals surface area (Å²) >= 11 is 3.40. The summed E-state index contributed by atoms with van der Waals surface area (Å²) in [7, 11) is 0. The molecule has 0 bridgehead atoms. The van der Waals surface area contributed by atoms with E-state index in [9.17, 15) is 4.79 Å². The van der Waals surface area contributed by atoms with Crippen molar-refractivity contribution in [2.24, 2.45) is 5.92 Å². The fourth-order valence-corrected chi connectivity index (χ4v) is 2.73. The van der Waals surface area contributed by atoms with Gasteiger partial charge in [0, 0.05) is 16.0 Å². The second-order valence-electron chi connectivity index (χ2n) is 5.26. The number of piperidine rings is 1. The Hall–Kier alpha value is -1.53. The summed E-state index contributed by atoms with van der Waals surface area (Å²) in [6.45, 7) is 2.45. The number of aldehydes is 1. The zero-order chi connectivity index (χ0) is 14.7. The number of nitrogens with zero attached hydrogens (tertiary/aromatic N) is 3. The molecule has 0 saturated carbocycles. The van der Waals surface area contributed by atoms with Crippen LogP contribution in [0.4, 0.5) is 0 Å². The molecule has 1 aliphatic heterocycles. The third kappa shape index (κ3) is 3.57. The maximum Gasteiger partial charge on any atom is 0.247 e. The molecule has 0 aliphatic carbocycles. The Balaban J connectivity index is 1.63. The number of benzene rings is 1. The van der Waals surface area contributed by atoms with Gasteiger partial charge in [-0.05, 0) is 50.2 Å². The Kier molecular flexibility index (Phi) is 4.45. The van der Waals surface area contributed by atoms with Crippen molar-refractivity contribution in [1.29, 1.82) is 0 Å². The van der Waals surface area contributed by atoms with Crippen LogP contribution in [-0.2, 0) is 11.3 Å². The number of likely N-dealkylation sites (tertiary alicyclic amines) is 1. The quantitative estimate of drug-likeness (QED) is 0.794. The second-order valence-corrected chi connectivity index (χ2v) is 6.17. The van der Waals surface area contributed by atoms with E-state index in [1.165, 1.54) is 0 Å². The molecular formula is C15H16BrN3O2. The average Bonchev–Trinajstić information content (AvgIpc) is 2.97. The Bertz CT molecular complexity index is 604. The molecule has 1 aromatic carbocycles. The largest absolute Gasteiger partial charge is 0.419 e. The fourth-order valence-electron chi connectivity index (χ4n) is 2.47. The summed E-state index contributed by atoms with van der Waals surface area (Å²) in [6, 6.07) is 7.78. The van der Waals surface area contributed by atoms with Gasteiger partial charge in [0.2, 0.25) is 11.8 Å². The molecule has 3 rings (SSSR count). The lowest BCUT2D eigenvalue weighted by molar-refractivity contribution is -0.112. The van der Waals surface area contributed by atoms with Gasteiger partial charge in [0.05, 0.1) is 6.54 Å². The Morgan fingerprint density at radius 1 is 1.24 bits per heavy atom. The molecule has 21 heavy (non-hydrogen) atoms. The van der Waals surface area contributed by atoms with Gasteiger partial charge in [-0.1, -0.05) is 15.9 Å². The van der Waals surface area contributed by atoms with E-state index in [4.69, 9.17) is 4.42 Å². The molecule has 0 amide bonds. The summed E-state index contributed by atoms with van der Waals surface area (Å²) in [5.74, 6) is 1.38. The monoisotopic (exact) mass is 349 g/mol. The van der Waals surface area contributed by atoms with E-state index in [-0.39, 0.29) is 5.92 Å². The van der Waals surface area contributed by atoms with Gasteiger partial charge in [-0.3, -0.25) is 4.90 Å². The van der Waals surface area contributed by atoms with Crippen molar-refractivity contribution < 1.29 is 9.21 Å². The van der Waals surface area contributed by atoms with Crippen molar-refractivity contribution in [3.8, 4) is 11.5 Å². The van der Waals surface area contributed by atoms with Crippen LogP contribution in [0.25, 0.3) is 11.5 Å². The first-order chi connectivity index (χ1) is 10.2. The molecule has 0 unspecified atom stereocenters. The summed E-state index contributed by atoms with van der Waals surface area (Å²) in [4.78, 5) is 13.0. The molecule has 1 saturated heterocycles. The van der Waals surface area contributed by atoms with Gasteiger partial charge >= 0.3 is 0 Å². The van der Waals surface area contributed by atoms with Crippen molar-refractivity contribution in [1.82, 2.24) is 15.1 Å². The first-order valence-electron chi connectivity index (χ1n) is 7.00. The van der Waals surface area contributed by atoms with Crippen LogP contribution in [0.5, 0.6) is 0 Å².